The molecule has 4 nitrogen and oxygen atoms in total. The van der Waals surface area contributed by atoms with Gasteiger partial charge in [-0.1, -0.05) is 13.8 Å². The minimum Gasteiger partial charge on any atom is -0.378 e. The number of carbonyl (C=O) groups is 1. The van der Waals surface area contributed by atoms with Gasteiger partial charge < -0.3 is 14.5 Å². The summed E-state index contributed by atoms with van der Waals surface area (Å²) in [5, 5.41) is 0. The van der Waals surface area contributed by atoms with Crippen molar-refractivity contribution in [3.63, 3.8) is 0 Å². The number of likely N-dealkylation sites (tertiary alicyclic amines) is 2. The van der Waals surface area contributed by atoms with Crippen LogP contribution in [0, 0.1) is 11.8 Å². The Labute approximate surface area is 97.5 Å². The molecule has 2 rings (SSSR count). The van der Waals surface area contributed by atoms with Crippen LogP contribution in [0.3, 0.4) is 0 Å². The fourth-order valence-electron chi connectivity index (χ4n) is 2.45. The van der Waals surface area contributed by atoms with Gasteiger partial charge in [-0.25, -0.2) is 4.79 Å². The van der Waals surface area contributed by atoms with Gasteiger partial charge in [-0.2, -0.15) is 0 Å². The third-order valence-corrected chi connectivity index (χ3v) is 3.89. The molecule has 2 amide bonds. The Morgan fingerprint density at radius 1 is 1.25 bits per heavy atom. The number of methoxy groups -OCH3 is 1. The third-order valence-electron chi connectivity index (χ3n) is 3.89. The normalized spacial score (nSPS) is 26.4. The van der Waals surface area contributed by atoms with Crippen molar-refractivity contribution >= 4 is 6.03 Å². The molecule has 2 heterocycles. The third kappa shape index (κ3) is 2.17. The van der Waals surface area contributed by atoms with Gasteiger partial charge in [0.25, 0.3) is 0 Å². The standard InChI is InChI=1S/C12H22N2O2/c1-9(2)10-4-5-13(6-10)12(15)14-7-11(8-14)16-3/h9-11H,4-8H2,1-3H3. The fourth-order valence-corrected chi connectivity index (χ4v) is 2.45. The van der Waals surface area contributed by atoms with Gasteiger partial charge in [0.1, 0.15) is 0 Å². The molecular weight excluding hydrogens is 204 g/mol. The van der Waals surface area contributed by atoms with Crippen molar-refractivity contribution in [2.45, 2.75) is 26.4 Å². The summed E-state index contributed by atoms with van der Waals surface area (Å²) in [5.41, 5.74) is 0. The molecular formula is C12H22N2O2. The second-order valence-electron chi connectivity index (χ2n) is 5.28. The maximum absolute atomic E-state index is 12.1. The van der Waals surface area contributed by atoms with E-state index in [0.29, 0.717) is 11.8 Å². The second-order valence-corrected chi connectivity index (χ2v) is 5.28. The Morgan fingerprint density at radius 2 is 1.94 bits per heavy atom. The van der Waals surface area contributed by atoms with Gasteiger partial charge in [0.2, 0.25) is 0 Å². The zero-order valence-corrected chi connectivity index (χ0v) is 10.5. The Hall–Kier alpha value is -0.770. The van der Waals surface area contributed by atoms with Crippen LogP contribution in [0.25, 0.3) is 0 Å². The minimum atomic E-state index is 0.205. The first-order chi connectivity index (χ1) is 7.61. The first kappa shape index (κ1) is 11.7. The van der Waals surface area contributed by atoms with E-state index in [-0.39, 0.29) is 12.1 Å². The molecule has 4 heteroatoms. The lowest BCUT2D eigenvalue weighted by Gasteiger charge is -2.40. The Bertz CT molecular complexity index is 262. The Balaban J connectivity index is 1.79. The summed E-state index contributed by atoms with van der Waals surface area (Å²) in [5.74, 6) is 1.37. The molecule has 2 aliphatic rings. The van der Waals surface area contributed by atoms with E-state index in [1.54, 1.807) is 7.11 Å². The average Bonchev–Trinajstić information content (AvgIpc) is 2.64. The molecule has 0 spiro atoms. The topological polar surface area (TPSA) is 32.8 Å². The molecule has 2 fully saturated rings. The van der Waals surface area contributed by atoms with Crippen molar-refractivity contribution in [3.8, 4) is 0 Å². The highest BCUT2D eigenvalue weighted by Gasteiger charge is 2.36. The summed E-state index contributed by atoms with van der Waals surface area (Å²) in [6, 6.07) is 0.205. The molecule has 1 atom stereocenters. The molecule has 1 unspecified atom stereocenters. The van der Waals surface area contributed by atoms with Gasteiger partial charge in [-0.3, -0.25) is 0 Å². The van der Waals surface area contributed by atoms with E-state index in [9.17, 15) is 4.79 Å². The smallest absolute Gasteiger partial charge is 0.320 e. The van der Waals surface area contributed by atoms with Crippen molar-refractivity contribution in [3.05, 3.63) is 0 Å². The molecule has 0 radical (unpaired) electrons. The highest BCUT2D eigenvalue weighted by Crippen LogP contribution is 2.25. The zero-order valence-electron chi connectivity index (χ0n) is 10.5. The lowest BCUT2D eigenvalue weighted by atomic mass is 9.95. The maximum atomic E-state index is 12.1. The van der Waals surface area contributed by atoms with E-state index in [4.69, 9.17) is 4.74 Å². The first-order valence-corrected chi connectivity index (χ1v) is 6.18. The summed E-state index contributed by atoms with van der Waals surface area (Å²) < 4.78 is 5.18. The second kappa shape index (κ2) is 4.62. The van der Waals surface area contributed by atoms with Crippen LogP contribution in [0.5, 0.6) is 0 Å². The van der Waals surface area contributed by atoms with Crippen LogP contribution < -0.4 is 0 Å². The van der Waals surface area contributed by atoms with E-state index in [0.717, 1.165) is 32.6 Å². The lowest BCUT2D eigenvalue weighted by molar-refractivity contribution is -0.0145. The maximum Gasteiger partial charge on any atom is 0.320 e. The van der Waals surface area contributed by atoms with Crippen molar-refractivity contribution in [1.82, 2.24) is 9.80 Å². The van der Waals surface area contributed by atoms with E-state index in [1.165, 1.54) is 0 Å². The van der Waals surface area contributed by atoms with Gasteiger partial charge >= 0.3 is 6.03 Å². The fraction of sp³-hybridized carbons (Fsp3) is 0.917. The van der Waals surface area contributed by atoms with E-state index < -0.39 is 0 Å². The molecule has 2 saturated heterocycles. The predicted molar refractivity (Wildman–Crippen MR) is 62.3 cm³/mol. The SMILES string of the molecule is COC1CN(C(=O)N2CCC(C(C)C)C2)C1. The molecule has 92 valence electrons. The number of ether oxygens (including phenoxy) is 1. The van der Waals surface area contributed by atoms with Crippen molar-refractivity contribution in [2.75, 3.05) is 33.3 Å². The van der Waals surface area contributed by atoms with Gasteiger partial charge in [0, 0.05) is 20.2 Å². The molecule has 2 aliphatic heterocycles. The lowest BCUT2D eigenvalue weighted by Crippen LogP contribution is -2.57. The molecule has 0 saturated carbocycles. The predicted octanol–water partition coefficient (Wildman–Crippen LogP) is 1.41. The van der Waals surface area contributed by atoms with Crippen molar-refractivity contribution in [1.29, 1.82) is 0 Å². The van der Waals surface area contributed by atoms with Crippen LogP contribution in [0.4, 0.5) is 4.79 Å². The Morgan fingerprint density at radius 3 is 2.44 bits per heavy atom. The Kier molecular flexibility index (Phi) is 3.38. The molecule has 0 aromatic carbocycles. The zero-order chi connectivity index (χ0) is 11.7. The quantitative estimate of drug-likeness (QED) is 0.713. The van der Waals surface area contributed by atoms with E-state index >= 15 is 0 Å². The number of hydrogen-bond acceptors (Lipinski definition) is 2. The number of nitrogens with zero attached hydrogens (tertiary/aromatic N) is 2. The molecule has 0 bridgehead atoms. The van der Waals surface area contributed by atoms with Crippen LogP contribution in [-0.2, 0) is 4.74 Å². The van der Waals surface area contributed by atoms with Crippen LogP contribution >= 0.6 is 0 Å². The largest absolute Gasteiger partial charge is 0.378 e. The molecule has 16 heavy (non-hydrogen) atoms. The summed E-state index contributed by atoms with van der Waals surface area (Å²) in [6.45, 7) is 7.86. The molecule has 0 aromatic rings. The highest BCUT2D eigenvalue weighted by atomic mass is 16.5. The summed E-state index contributed by atoms with van der Waals surface area (Å²) >= 11 is 0. The monoisotopic (exact) mass is 226 g/mol. The van der Waals surface area contributed by atoms with Crippen LogP contribution in [0.15, 0.2) is 0 Å². The summed E-state index contributed by atoms with van der Waals surface area (Å²) in [6.07, 6.45) is 1.41. The van der Waals surface area contributed by atoms with Crippen LogP contribution in [-0.4, -0.2) is 55.2 Å². The molecule has 0 N–H and O–H groups in total. The summed E-state index contributed by atoms with van der Waals surface area (Å²) in [4.78, 5) is 15.9. The molecule has 0 aliphatic carbocycles. The van der Waals surface area contributed by atoms with E-state index in [1.807, 2.05) is 9.80 Å². The number of hydrogen-bond donors (Lipinski definition) is 0. The number of rotatable bonds is 2. The van der Waals surface area contributed by atoms with Gasteiger partial charge in [-0.15, -0.1) is 0 Å². The average molecular weight is 226 g/mol. The van der Waals surface area contributed by atoms with Crippen molar-refractivity contribution < 1.29 is 9.53 Å². The number of urea groups is 1. The highest BCUT2D eigenvalue weighted by molar-refractivity contribution is 5.75. The van der Waals surface area contributed by atoms with Crippen molar-refractivity contribution in [2.24, 2.45) is 11.8 Å². The number of carbonyl (C=O) groups excluding carboxylic acids is 1. The first-order valence-electron chi connectivity index (χ1n) is 6.18. The van der Waals surface area contributed by atoms with Gasteiger partial charge in [0.15, 0.2) is 0 Å². The van der Waals surface area contributed by atoms with Crippen LogP contribution in [0.2, 0.25) is 0 Å². The number of amides is 2. The van der Waals surface area contributed by atoms with Crippen LogP contribution in [0.1, 0.15) is 20.3 Å². The minimum absolute atomic E-state index is 0.205. The van der Waals surface area contributed by atoms with Gasteiger partial charge in [-0.05, 0) is 18.3 Å². The molecule has 0 aromatic heterocycles. The summed E-state index contributed by atoms with van der Waals surface area (Å²) in [7, 11) is 1.71. The van der Waals surface area contributed by atoms with Gasteiger partial charge in [0.05, 0.1) is 19.2 Å². The van der Waals surface area contributed by atoms with E-state index in [2.05, 4.69) is 13.8 Å².